The van der Waals surface area contributed by atoms with E-state index in [0.29, 0.717) is 22.9 Å². The number of rotatable bonds is 5. The molecule has 1 atom stereocenters. The molecule has 8 heteroatoms. The Morgan fingerprint density at radius 1 is 1.27 bits per heavy atom. The molecule has 1 aromatic heterocycles. The molecule has 0 fully saturated rings. The molecule has 2 heterocycles. The Morgan fingerprint density at radius 2 is 2.07 bits per heavy atom. The van der Waals surface area contributed by atoms with Crippen molar-refractivity contribution in [3.63, 3.8) is 0 Å². The maximum absolute atomic E-state index is 13.9. The minimum absolute atomic E-state index is 0.0142. The summed E-state index contributed by atoms with van der Waals surface area (Å²) in [6.45, 7) is 1.91. The molecule has 1 aliphatic rings. The highest BCUT2D eigenvalue weighted by Gasteiger charge is 2.34. The van der Waals surface area contributed by atoms with Gasteiger partial charge in [-0.3, -0.25) is 5.10 Å². The lowest BCUT2D eigenvalue weighted by atomic mass is 9.84. The van der Waals surface area contributed by atoms with Gasteiger partial charge in [-0.05, 0) is 30.7 Å². The number of hydrogen-bond donors (Lipinski definition) is 2. The van der Waals surface area contributed by atoms with Gasteiger partial charge < -0.3 is 19.9 Å². The Kier molecular flexibility index (Phi) is 5.02. The van der Waals surface area contributed by atoms with Crippen LogP contribution in [-0.4, -0.2) is 17.3 Å². The topological polar surface area (TPSA) is 106 Å². The summed E-state index contributed by atoms with van der Waals surface area (Å²) in [5.41, 5.74) is 8.96. The molecule has 0 saturated heterocycles. The first-order valence-electron chi connectivity index (χ1n) is 9.20. The van der Waals surface area contributed by atoms with E-state index in [1.54, 1.807) is 30.3 Å². The summed E-state index contributed by atoms with van der Waals surface area (Å²) in [5, 5.41) is 16.7. The van der Waals surface area contributed by atoms with Crippen LogP contribution in [-0.2, 0) is 6.61 Å². The van der Waals surface area contributed by atoms with Gasteiger partial charge in [-0.2, -0.15) is 5.26 Å². The molecule has 3 N–H and O–H groups in total. The SMILES string of the molecule is COc1cc(C2C(C#N)=C(N)Oc3n[nH]c(C)c32)ccc1OCc1ccccc1F. The minimum atomic E-state index is -0.466. The van der Waals surface area contributed by atoms with Crippen LogP contribution < -0.4 is 19.9 Å². The van der Waals surface area contributed by atoms with Crippen molar-refractivity contribution < 1.29 is 18.6 Å². The normalized spacial score (nSPS) is 15.2. The maximum atomic E-state index is 13.9. The fourth-order valence-electron chi connectivity index (χ4n) is 3.49. The van der Waals surface area contributed by atoms with Crippen molar-refractivity contribution in [1.82, 2.24) is 10.2 Å². The number of halogens is 1. The predicted octanol–water partition coefficient (Wildman–Crippen LogP) is 3.66. The number of H-pyrrole nitrogens is 1. The first-order valence-corrected chi connectivity index (χ1v) is 9.20. The lowest BCUT2D eigenvalue weighted by Crippen LogP contribution is -2.21. The summed E-state index contributed by atoms with van der Waals surface area (Å²) in [6.07, 6.45) is 0. The van der Waals surface area contributed by atoms with E-state index in [4.69, 9.17) is 19.9 Å². The van der Waals surface area contributed by atoms with Gasteiger partial charge in [0, 0.05) is 16.8 Å². The van der Waals surface area contributed by atoms with Crippen molar-refractivity contribution in [3.05, 3.63) is 82.1 Å². The van der Waals surface area contributed by atoms with Crippen molar-refractivity contribution in [2.24, 2.45) is 5.73 Å². The van der Waals surface area contributed by atoms with Gasteiger partial charge >= 0.3 is 0 Å². The number of nitrogens with one attached hydrogen (secondary N) is 1. The van der Waals surface area contributed by atoms with Gasteiger partial charge in [0.2, 0.25) is 11.8 Å². The number of ether oxygens (including phenoxy) is 3. The van der Waals surface area contributed by atoms with Crippen molar-refractivity contribution in [3.8, 4) is 23.4 Å². The lowest BCUT2D eigenvalue weighted by molar-refractivity contribution is 0.279. The molecule has 0 aliphatic carbocycles. The molecule has 3 aromatic rings. The third-order valence-electron chi connectivity index (χ3n) is 4.99. The Labute approximate surface area is 172 Å². The maximum Gasteiger partial charge on any atom is 0.244 e. The van der Waals surface area contributed by atoms with Gasteiger partial charge in [-0.15, -0.1) is 5.10 Å². The Bertz CT molecular complexity index is 1180. The third-order valence-corrected chi connectivity index (χ3v) is 4.99. The minimum Gasteiger partial charge on any atom is -0.493 e. The number of nitrogens with two attached hydrogens (primary N) is 1. The van der Waals surface area contributed by atoms with E-state index in [0.717, 1.165) is 16.8 Å². The second-order valence-corrected chi connectivity index (χ2v) is 6.78. The van der Waals surface area contributed by atoms with Gasteiger partial charge in [0.1, 0.15) is 24.1 Å². The van der Waals surface area contributed by atoms with Crippen molar-refractivity contribution >= 4 is 0 Å². The first kappa shape index (κ1) is 19.3. The molecular formula is C22H19FN4O3. The highest BCUT2D eigenvalue weighted by Crippen LogP contribution is 2.44. The molecule has 152 valence electrons. The molecule has 30 heavy (non-hydrogen) atoms. The number of nitrogens with zero attached hydrogens (tertiary/aromatic N) is 2. The molecule has 0 bridgehead atoms. The van der Waals surface area contributed by atoms with Crippen molar-refractivity contribution in [2.45, 2.75) is 19.4 Å². The number of nitriles is 1. The number of hydrogen-bond acceptors (Lipinski definition) is 6. The summed E-state index contributed by atoms with van der Waals surface area (Å²) in [4.78, 5) is 0. The summed E-state index contributed by atoms with van der Waals surface area (Å²) < 4.78 is 30.6. The molecule has 4 rings (SSSR count). The molecule has 1 aliphatic heterocycles. The van der Waals surface area contributed by atoms with E-state index in [9.17, 15) is 9.65 Å². The van der Waals surface area contributed by atoms with Crippen LogP contribution in [0.4, 0.5) is 4.39 Å². The third kappa shape index (κ3) is 3.31. The van der Waals surface area contributed by atoms with E-state index in [-0.39, 0.29) is 23.9 Å². The summed E-state index contributed by atoms with van der Waals surface area (Å²) in [6, 6.07) is 13.9. The van der Waals surface area contributed by atoms with Crippen molar-refractivity contribution in [2.75, 3.05) is 7.11 Å². The van der Waals surface area contributed by atoms with Crippen LogP contribution in [0, 0.1) is 24.1 Å². The van der Waals surface area contributed by atoms with Crippen LogP contribution in [0.3, 0.4) is 0 Å². The number of fused-ring (bicyclic) bond motifs is 1. The predicted molar refractivity (Wildman–Crippen MR) is 106 cm³/mol. The second-order valence-electron chi connectivity index (χ2n) is 6.78. The number of aromatic nitrogens is 2. The number of aryl methyl sites for hydroxylation is 1. The molecule has 7 nitrogen and oxygen atoms in total. The molecular weight excluding hydrogens is 387 g/mol. The van der Waals surface area contributed by atoms with E-state index in [1.165, 1.54) is 13.2 Å². The molecule has 0 radical (unpaired) electrons. The molecule has 0 spiro atoms. The van der Waals surface area contributed by atoms with E-state index in [2.05, 4.69) is 16.3 Å². The standard InChI is InChI=1S/C22H19FN4O3/c1-12-19-20(15(10-24)21(25)30-22(19)27-26-12)13-7-8-17(18(9-13)28-2)29-11-14-5-3-4-6-16(14)23/h3-9,20H,11,25H2,1-2H3,(H,26,27). The summed E-state index contributed by atoms with van der Waals surface area (Å²) in [5.74, 6) is 0.461. The van der Waals surface area contributed by atoms with Crippen LogP contribution in [0.15, 0.2) is 53.9 Å². The van der Waals surface area contributed by atoms with Gasteiger partial charge in [0.15, 0.2) is 11.5 Å². The largest absolute Gasteiger partial charge is 0.493 e. The fraction of sp³-hybridized carbons (Fsp3) is 0.182. The monoisotopic (exact) mass is 406 g/mol. The van der Waals surface area contributed by atoms with Crippen LogP contribution >= 0.6 is 0 Å². The van der Waals surface area contributed by atoms with E-state index < -0.39 is 5.92 Å². The first-order chi connectivity index (χ1) is 14.5. The average Bonchev–Trinajstić information content (AvgIpc) is 3.12. The van der Waals surface area contributed by atoms with E-state index >= 15 is 0 Å². The highest BCUT2D eigenvalue weighted by molar-refractivity contribution is 5.57. The van der Waals surface area contributed by atoms with Crippen LogP contribution in [0.25, 0.3) is 0 Å². The number of methoxy groups -OCH3 is 1. The van der Waals surface area contributed by atoms with Gasteiger partial charge in [-0.25, -0.2) is 4.39 Å². The summed E-state index contributed by atoms with van der Waals surface area (Å²) in [7, 11) is 1.52. The van der Waals surface area contributed by atoms with Gasteiger partial charge in [-0.1, -0.05) is 24.3 Å². The van der Waals surface area contributed by atoms with Crippen molar-refractivity contribution in [1.29, 1.82) is 5.26 Å². The number of aromatic amines is 1. The van der Waals surface area contributed by atoms with Crippen LogP contribution in [0.1, 0.15) is 28.3 Å². The lowest BCUT2D eigenvalue weighted by Gasteiger charge is -2.24. The van der Waals surface area contributed by atoms with Crippen LogP contribution in [0.5, 0.6) is 17.4 Å². The molecule has 0 saturated carbocycles. The Balaban J connectivity index is 1.70. The average molecular weight is 406 g/mol. The quantitative estimate of drug-likeness (QED) is 0.670. The molecule has 1 unspecified atom stereocenters. The molecule has 0 amide bonds. The van der Waals surface area contributed by atoms with Gasteiger partial charge in [0.05, 0.1) is 13.0 Å². The Morgan fingerprint density at radius 3 is 2.80 bits per heavy atom. The number of benzene rings is 2. The fourth-order valence-corrected chi connectivity index (χ4v) is 3.49. The Hall–Kier alpha value is -3.99. The number of allylic oxidation sites excluding steroid dienone is 1. The molecule has 2 aromatic carbocycles. The smallest absolute Gasteiger partial charge is 0.244 e. The summed E-state index contributed by atoms with van der Waals surface area (Å²) >= 11 is 0. The highest BCUT2D eigenvalue weighted by atomic mass is 19.1. The van der Waals surface area contributed by atoms with Crippen LogP contribution in [0.2, 0.25) is 0 Å². The van der Waals surface area contributed by atoms with Gasteiger partial charge in [0.25, 0.3) is 0 Å². The van der Waals surface area contributed by atoms with E-state index in [1.807, 2.05) is 13.0 Å². The second kappa shape index (κ2) is 7.79. The zero-order valence-electron chi connectivity index (χ0n) is 16.4. The zero-order valence-corrected chi connectivity index (χ0v) is 16.4. The zero-order chi connectivity index (χ0) is 21.3.